The van der Waals surface area contributed by atoms with Crippen molar-refractivity contribution >= 4 is 5.91 Å². The van der Waals surface area contributed by atoms with Gasteiger partial charge in [-0.25, -0.2) is 0 Å². The number of carbonyl (C=O) groups is 1. The third kappa shape index (κ3) is 21.6. The first-order valence-corrected chi connectivity index (χ1v) is 25.0. The molecule has 71 heavy (non-hydrogen) atoms. The largest absolute Gasteiger partial charge is 0.394 e. The molecule has 19 nitrogen and oxygen atoms in total. The Balaban J connectivity index is 1.45. The molecule has 3 heterocycles. The summed E-state index contributed by atoms with van der Waals surface area (Å²) in [4.78, 5) is 13.0. The highest BCUT2D eigenvalue weighted by Gasteiger charge is 2.53. The number of unbranched alkanes of at least 4 members (excludes halogenated alkanes) is 2. The number of ether oxygens (including phenoxy) is 6. The van der Waals surface area contributed by atoms with Crippen LogP contribution in [0, 0.1) is 0 Å². The SMILES string of the molecule is CC/C=C\C/C=C\C/C=C\C/C=C\C/C=C\C/C=C\C/C=C\CCCC(=O)NC(COC1OC(CO)C(OC2OC(CO)C(OC3OC(CO)C(O)C(O)C3O)C(O)C2O)C(O)C1O)C(O)/C=C/CCC. The number of aliphatic hydroxyl groups excluding tert-OH is 11. The van der Waals surface area contributed by atoms with E-state index >= 15 is 0 Å². The van der Waals surface area contributed by atoms with Crippen molar-refractivity contribution in [2.24, 2.45) is 0 Å². The van der Waals surface area contributed by atoms with Gasteiger partial charge in [0, 0.05) is 6.42 Å². The van der Waals surface area contributed by atoms with Gasteiger partial charge in [-0.3, -0.25) is 4.79 Å². The van der Waals surface area contributed by atoms with Crippen LogP contribution in [0.2, 0.25) is 0 Å². The fourth-order valence-electron chi connectivity index (χ4n) is 7.71. The summed E-state index contributed by atoms with van der Waals surface area (Å²) in [5.41, 5.74) is 0. The Hall–Kier alpha value is -3.29. The van der Waals surface area contributed by atoms with Crippen molar-refractivity contribution in [2.45, 2.75) is 195 Å². The average molecular weight is 1010 g/mol. The molecule has 3 fully saturated rings. The Morgan fingerprint density at radius 3 is 1.41 bits per heavy atom. The van der Waals surface area contributed by atoms with Gasteiger partial charge in [-0.15, -0.1) is 0 Å². The molecule has 3 aliphatic heterocycles. The number of carbonyl (C=O) groups excluding carboxylic acids is 1. The van der Waals surface area contributed by atoms with Crippen LogP contribution in [0.15, 0.2) is 97.2 Å². The zero-order valence-corrected chi connectivity index (χ0v) is 41.1. The van der Waals surface area contributed by atoms with Crippen LogP contribution in [0.5, 0.6) is 0 Å². The Morgan fingerprint density at radius 2 is 0.944 bits per heavy atom. The van der Waals surface area contributed by atoms with Crippen molar-refractivity contribution in [3.05, 3.63) is 97.2 Å². The third-order valence-corrected chi connectivity index (χ3v) is 11.9. The fourth-order valence-corrected chi connectivity index (χ4v) is 7.71. The second-order valence-electron chi connectivity index (χ2n) is 17.5. The predicted molar refractivity (Wildman–Crippen MR) is 263 cm³/mol. The van der Waals surface area contributed by atoms with E-state index in [1.807, 2.05) is 19.1 Å². The van der Waals surface area contributed by atoms with Crippen molar-refractivity contribution < 1.29 is 89.4 Å². The van der Waals surface area contributed by atoms with E-state index in [0.29, 0.717) is 19.3 Å². The van der Waals surface area contributed by atoms with Crippen LogP contribution in [0.4, 0.5) is 0 Å². The van der Waals surface area contributed by atoms with Crippen molar-refractivity contribution in [2.75, 3.05) is 26.4 Å². The monoisotopic (exact) mass is 1010 g/mol. The molecule has 17 unspecified atom stereocenters. The van der Waals surface area contributed by atoms with Crippen LogP contribution < -0.4 is 5.32 Å². The second kappa shape index (κ2) is 35.8. The van der Waals surface area contributed by atoms with Gasteiger partial charge in [-0.05, 0) is 64.2 Å². The number of allylic oxidation sites excluding steroid dienone is 15. The van der Waals surface area contributed by atoms with Crippen LogP contribution in [-0.4, -0.2) is 193 Å². The lowest BCUT2D eigenvalue weighted by Crippen LogP contribution is -2.66. The summed E-state index contributed by atoms with van der Waals surface area (Å²) in [5.74, 6) is -0.353. The van der Waals surface area contributed by atoms with Gasteiger partial charge in [-0.2, -0.15) is 0 Å². The maximum Gasteiger partial charge on any atom is 0.220 e. The minimum Gasteiger partial charge on any atom is -0.394 e. The normalized spacial score (nSPS) is 33.1. The highest BCUT2D eigenvalue weighted by Crippen LogP contribution is 2.33. The van der Waals surface area contributed by atoms with E-state index in [0.717, 1.165) is 51.4 Å². The van der Waals surface area contributed by atoms with Crippen LogP contribution in [0.25, 0.3) is 0 Å². The number of hydrogen-bond acceptors (Lipinski definition) is 18. The van der Waals surface area contributed by atoms with Crippen LogP contribution >= 0.6 is 0 Å². The number of nitrogens with one attached hydrogen (secondary N) is 1. The summed E-state index contributed by atoms with van der Waals surface area (Å²) in [6, 6.07) is -1.01. The second-order valence-corrected chi connectivity index (χ2v) is 17.5. The molecule has 404 valence electrons. The molecule has 19 heteroatoms. The molecule has 17 atom stereocenters. The van der Waals surface area contributed by atoms with E-state index in [-0.39, 0.29) is 12.3 Å². The first-order valence-electron chi connectivity index (χ1n) is 25.0. The van der Waals surface area contributed by atoms with Gasteiger partial charge in [0.25, 0.3) is 0 Å². The molecule has 0 aliphatic carbocycles. The topological polar surface area (TPSA) is 307 Å². The lowest BCUT2D eigenvalue weighted by atomic mass is 9.96. The molecule has 0 aromatic heterocycles. The smallest absolute Gasteiger partial charge is 0.220 e. The van der Waals surface area contributed by atoms with Crippen LogP contribution in [-0.2, 0) is 33.2 Å². The summed E-state index contributed by atoms with van der Waals surface area (Å²) < 4.78 is 33.8. The Morgan fingerprint density at radius 1 is 0.521 bits per heavy atom. The van der Waals surface area contributed by atoms with E-state index in [4.69, 9.17) is 28.4 Å². The number of rotatable bonds is 32. The molecule has 0 spiro atoms. The molecular formula is C52H83NO18. The van der Waals surface area contributed by atoms with E-state index in [1.165, 1.54) is 6.08 Å². The van der Waals surface area contributed by atoms with Crippen LogP contribution in [0.3, 0.4) is 0 Å². The Labute approximate surface area is 418 Å². The van der Waals surface area contributed by atoms with Gasteiger partial charge in [0.15, 0.2) is 18.9 Å². The molecule has 0 saturated carbocycles. The summed E-state index contributed by atoms with van der Waals surface area (Å²) in [6.07, 6.45) is 15.5. The van der Waals surface area contributed by atoms with E-state index < -0.39 is 131 Å². The zero-order valence-electron chi connectivity index (χ0n) is 41.1. The number of aliphatic hydroxyl groups is 11. The van der Waals surface area contributed by atoms with Gasteiger partial charge in [0.2, 0.25) is 5.91 Å². The first kappa shape index (κ1) is 62.0. The fraction of sp³-hybridized carbons (Fsp3) is 0.673. The first-order chi connectivity index (χ1) is 34.3. The predicted octanol–water partition coefficient (Wildman–Crippen LogP) is 1.47. The summed E-state index contributed by atoms with van der Waals surface area (Å²) in [7, 11) is 0. The molecule has 3 saturated heterocycles. The maximum atomic E-state index is 13.0. The van der Waals surface area contributed by atoms with E-state index in [9.17, 15) is 61.0 Å². The summed E-state index contributed by atoms with van der Waals surface area (Å²) in [6.45, 7) is 1.26. The molecule has 0 aromatic carbocycles. The molecule has 12 N–H and O–H groups in total. The van der Waals surface area contributed by atoms with Gasteiger partial charge < -0.3 is 89.9 Å². The van der Waals surface area contributed by atoms with E-state index in [1.54, 1.807) is 6.08 Å². The molecule has 0 aromatic rings. The quantitative estimate of drug-likeness (QED) is 0.0335. The summed E-state index contributed by atoms with van der Waals surface area (Å²) in [5, 5.41) is 119. The average Bonchev–Trinajstić information content (AvgIpc) is 3.36. The number of amides is 1. The van der Waals surface area contributed by atoms with Gasteiger partial charge in [0.1, 0.15) is 73.2 Å². The molecule has 3 rings (SSSR count). The molecule has 0 bridgehead atoms. The zero-order chi connectivity index (χ0) is 52.0. The Kier molecular flexibility index (Phi) is 31.3. The standard InChI is InChI=1S/C52H83NO18/c1-3-5-7-8-9-10-11-12-13-14-15-16-17-18-19-20-21-22-23-24-25-26-28-30-40(58)53-35(36(57)29-27-6-4-2)34-66-50-46(64)43(61)48(38(32-55)68-50)71-52-47(65)44(62)49(39(33-56)69-52)70-51-45(63)42(60)41(59)37(31-54)67-51/h5,7,9-10,12-13,15-16,18-19,21-22,24-25,27,29,35-39,41-52,54-57,59-65H,3-4,6,8,11,14,17,20,23,26,28,30-34H2,1-2H3,(H,53,58)/b7-5-,10-9-,13-12-,16-15-,19-18-,22-21-,25-24-,29-27+. The minimum atomic E-state index is -1.98. The molecular weight excluding hydrogens is 927 g/mol. The van der Waals surface area contributed by atoms with Crippen LogP contribution in [0.1, 0.15) is 90.9 Å². The third-order valence-electron chi connectivity index (χ3n) is 11.9. The van der Waals surface area contributed by atoms with Crippen molar-refractivity contribution in [3.63, 3.8) is 0 Å². The number of hydrogen-bond donors (Lipinski definition) is 12. The van der Waals surface area contributed by atoms with Crippen molar-refractivity contribution in [3.8, 4) is 0 Å². The summed E-state index contributed by atoms with van der Waals surface area (Å²) >= 11 is 0. The highest BCUT2D eigenvalue weighted by atomic mass is 16.8. The van der Waals surface area contributed by atoms with Crippen molar-refractivity contribution in [1.29, 1.82) is 0 Å². The van der Waals surface area contributed by atoms with Gasteiger partial charge >= 0.3 is 0 Å². The molecule has 1 amide bonds. The molecule has 3 aliphatic rings. The minimum absolute atomic E-state index is 0.153. The van der Waals surface area contributed by atoms with E-state index in [2.05, 4.69) is 85.2 Å². The van der Waals surface area contributed by atoms with Crippen molar-refractivity contribution in [1.82, 2.24) is 5.32 Å². The lowest BCUT2D eigenvalue weighted by Gasteiger charge is -2.48. The molecule has 0 radical (unpaired) electrons. The highest BCUT2D eigenvalue weighted by molar-refractivity contribution is 5.76. The lowest BCUT2D eigenvalue weighted by molar-refractivity contribution is -0.379. The van der Waals surface area contributed by atoms with Gasteiger partial charge in [-0.1, -0.05) is 117 Å². The Bertz CT molecular complexity index is 1680. The maximum absolute atomic E-state index is 13.0. The van der Waals surface area contributed by atoms with Gasteiger partial charge in [0.05, 0.1) is 38.6 Å².